The molecular weight excluding hydrogens is 208 g/mol. The topological polar surface area (TPSA) is 66.5 Å². The Labute approximate surface area is 94.5 Å². The number of hydrogen-bond acceptors (Lipinski definition) is 3. The lowest BCUT2D eigenvalue weighted by Crippen LogP contribution is -2.41. The standard InChI is InChI=1S/C11H16N2O3/c1-7(2)5-12-9(14)6-13-10(15)4-8(3)11(13)16/h4,7H,5-6H2,1-3H3,(H,12,14). The Bertz CT molecular complexity index is 358. The van der Waals surface area contributed by atoms with Gasteiger partial charge in [-0.1, -0.05) is 13.8 Å². The molecule has 0 atom stereocenters. The molecule has 0 spiro atoms. The Kier molecular flexibility index (Phi) is 3.82. The fraction of sp³-hybridized carbons (Fsp3) is 0.545. The van der Waals surface area contributed by atoms with Gasteiger partial charge >= 0.3 is 0 Å². The highest BCUT2D eigenvalue weighted by molar-refractivity contribution is 6.17. The van der Waals surface area contributed by atoms with Gasteiger partial charge in [0.25, 0.3) is 11.8 Å². The first-order valence-corrected chi connectivity index (χ1v) is 5.22. The second kappa shape index (κ2) is 4.92. The van der Waals surface area contributed by atoms with Crippen LogP contribution in [0.3, 0.4) is 0 Å². The monoisotopic (exact) mass is 224 g/mol. The van der Waals surface area contributed by atoms with Crippen molar-refractivity contribution in [3.8, 4) is 0 Å². The first-order chi connectivity index (χ1) is 7.41. The SMILES string of the molecule is CC1=CC(=O)N(CC(=O)NCC(C)C)C1=O. The van der Waals surface area contributed by atoms with Gasteiger partial charge in [-0.2, -0.15) is 0 Å². The molecule has 1 heterocycles. The third-order valence-electron chi connectivity index (χ3n) is 2.20. The van der Waals surface area contributed by atoms with Crippen LogP contribution in [0.25, 0.3) is 0 Å². The van der Waals surface area contributed by atoms with Gasteiger partial charge in [0, 0.05) is 18.2 Å². The summed E-state index contributed by atoms with van der Waals surface area (Å²) in [5.74, 6) is -0.765. The fourth-order valence-corrected chi connectivity index (χ4v) is 1.31. The molecule has 16 heavy (non-hydrogen) atoms. The van der Waals surface area contributed by atoms with Crippen molar-refractivity contribution in [2.45, 2.75) is 20.8 Å². The van der Waals surface area contributed by atoms with Crippen LogP contribution in [0.1, 0.15) is 20.8 Å². The van der Waals surface area contributed by atoms with Crippen LogP contribution in [0.5, 0.6) is 0 Å². The van der Waals surface area contributed by atoms with Gasteiger partial charge in [0.15, 0.2) is 0 Å². The minimum Gasteiger partial charge on any atom is -0.354 e. The summed E-state index contributed by atoms with van der Waals surface area (Å²) in [6.45, 7) is 5.85. The summed E-state index contributed by atoms with van der Waals surface area (Å²) in [5.41, 5.74) is 0.377. The summed E-state index contributed by atoms with van der Waals surface area (Å²) >= 11 is 0. The number of carbonyl (C=O) groups is 3. The van der Waals surface area contributed by atoms with Crippen molar-refractivity contribution in [3.63, 3.8) is 0 Å². The quantitative estimate of drug-likeness (QED) is 0.687. The van der Waals surface area contributed by atoms with E-state index in [0.29, 0.717) is 18.0 Å². The van der Waals surface area contributed by atoms with E-state index in [4.69, 9.17) is 0 Å². The molecular formula is C11H16N2O3. The van der Waals surface area contributed by atoms with Crippen LogP contribution in [-0.2, 0) is 14.4 Å². The van der Waals surface area contributed by atoms with Crippen LogP contribution in [0.15, 0.2) is 11.6 Å². The van der Waals surface area contributed by atoms with Crippen molar-refractivity contribution in [3.05, 3.63) is 11.6 Å². The second-order valence-electron chi connectivity index (χ2n) is 4.25. The summed E-state index contributed by atoms with van der Waals surface area (Å²) in [5, 5.41) is 2.66. The Balaban J connectivity index is 2.47. The van der Waals surface area contributed by atoms with Crippen molar-refractivity contribution in [1.82, 2.24) is 10.2 Å². The van der Waals surface area contributed by atoms with Gasteiger partial charge in [-0.3, -0.25) is 19.3 Å². The van der Waals surface area contributed by atoms with Gasteiger partial charge in [0.05, 0.1) is 0 Å². The minimum atomic E-state index is -0.415. The maximum Gasteiger partial charge on any atom is 0.257 e. The van der Waals surface area contributed by atoms with E-state index in [9.17, 15) is 14.4 Å². The molecule has 0 fully saturated rings. The van der Waals surface area contributed by atoms with Crippen LogP contribution in [-0.4, -0.2) is 35.7 Å². The van der Waals surface area contributed by atoms with E-state index in [1.807, 2.05) is 13.8 Å². The van der Waals surface area contributed by atoms with Gasteiger partial charge in [-0.05, 0) is 12.8 Å². The molecule has 0 bridgehead atoms. The van der Waals surface area contributed by atoms with E-state index in [0.717, 1.165) is 4.90 Å². The number of carbonyl (C=O) groups excluding carboxylic acids is 3. The zero-order valence-electron chi connectivity index (χ0n) is 9.74. The minimum absolute atomic E-state index is 0.196. The van der Waals surface area contributed by atoms with Crippen molar-refractivity contribution < 1.29 is 14.4 Å². The highest BCUT2D eigenvalue weighted by Crippen LogP contribution is 2.10. The Morgan fingerprint density at radius 1 is 1.44 bits per heavy atom. The Morgan fingerprint density at radius 3 is 2.50 bits per heavy atom. The van der Waals surface area contributed by atoms with E-state index in [1.54, 1.807) is 6.92 Å². The van der Waals surface area contributed by atoms with E-state index in [-0.39, 0.29) is 18.4 Å². The van der Waals surface area contributed by atoms with Crippen molar-refractivity contribution in [1.29, 1.82) is 0 Å². The lowest BCUT2D eigenvalue weighted by molar-refractivity contribution is -0.141. The summed E-state index contributed by atoms with van der Waals surface area (Å²) in [6.07, 6.45) is 1.25. The predicted octanol–water partition coefficient (Wildman–Crippen LogP) is 0.0737. The normalized spacial score (nSPS) is 15.8. The molecule has 0 aliphatic carbocycles. The van der Waals surface area contributed by atoms with Crippen molar-refractivity contribution in [2.24, 2.45) is 5.92 Å². The van der Waals surface area contributed by atoms with Gasteiger partial charge in [-0.15, -0.1) is 0 Å². The van der Waals surface area contributed by atoms with Crippen molar-refractivity contribution >= 4 is 17.7 Å². The molecule has 0 aromatic carbocycles. The van der Waals surface area contributed by atoms with Gasteiger partial charge in [-0.25, -0.2) is 0 Å². The fourth-order valence-electron chi connectivity index (χ4n) is 1.31. The molecule has 0 aromatic heterocycles. The summed E-state index contributed by atoms with van der Waals surface area (Å²) < 4.78 is 0. The van der Waals surface area contributed by atoms with E-state index < -0.39 is 5.91 Å². The molecule has 88 valence electrons. The van der Waals surface area contributed by atoms with Gasteiger partial charge in [0.1, 0.15) is 6.54 Å². The third kappa shape index (κ3) is 2.92. The number of rotatable bonds is 4. The zero-order chi connectivity index (χ0) is 12.3. The van der Waals surface area contributed by atoms with Gasteiger partial charge in [0.2, 0.25) is 5.91 Å². The van der Waals surface area contributed by atoms with Crippen LogP contribution >= 0.6 is 0 Å². The Morgan fingerprint density at radius 2 is 2.06 bits per heavy atom. The molecule has 5 heteroatoms. The highest BCUT2D eigenvalue weighted by Gasteiger charge is 2.29. The first kappa shape index (κ1) is 12.4. The molecule has 1 aliphatic rings. The number of amides is 3. The molecule has 0 saturated heterocycles. The molecule has 0 radical (unpaired) electrons. The smallest absolute Gasteiger partial charge is 0.257 e. The molecule has 1 rings (SSSR count). The maximum absolute atomic E-state index is 11.4. The molecule has 0 saturated carbocycles. The summed E-state index contributed by atoms with van der Waals surface area (Å²) in [6, 6.07) is 0. The molecule has 5 nitrogen and oxygen atoms in total. The van der Waals surface area contributed by atoms with Crippen LogP contribution in [0.2, 0.25) is 0 Å². The lowest BCUT2D eigenvalue weighted by atomic mass is 10.2. The zero-order valence-corrected chi connectivity index (χ0v) is 9.74. The van der Waals surface area contributed by atoms with E-state index in [2.05, 4.69) is 5.32 Å². The average molecular weight is 224 g/mol. The number of imide groups is 1. The number of nitrogens with zero attached hydrogens (tertiary/aromatic N) is 1. The van der Waals surface area contributed by atoms with E-state index in [1.165, 1.54) is 6.08 Å². The largest absolute Gasteiger partial charge is 0.354 e. The third-order valence-corrected chi connectivity index (χ3v) is 2.20. The first-order valence-electron chi connectivity index (χ1n) is 5.22. The van der Waals surface area contributed by atoms with Crippen LogP contribution in [0.4, 0.5) is 0 Å². The lowest BCUT2D eigenvalue weighted by Gasteiger charge is -2.14. The van der Waals surface area contributed by atoms with Gasteiger partial charge < -0.3 is 5.32 Å². The molecule has 0 unspecified atom stereocenters. The summed E-state index contributed by atoms with van der Waals surface area (Å²) in [7, 11) is 0. The Hall–Kier alpha value is -1.65. The molecule has 1 aliphatic heterocycles. The second-order valence-corrected chi connectivity index (χ2v) is 4.25. The highest BCUT2D eigenvalue weighted by atomic mass is 16.2. The summed E-state index contributed by atoms with van der Waals surface area (Å²) in [4.78, 5) is 35.1. The van der Waals surface area contributed by atoms with Crippen molar-refractivity contribution in [2.75, 3.05) is 13.1 Å². The van der Waals surface area contributed by atoms with Crippen LogP contribution in [0, 0.1) is 5.92 Å². The van der Waals surface area contributed by atoms with Crippen LogP contribution < -0.4 is 5.32 Å². The number of nitrogens with one attached hydrogen (secondary N) is 1. The molecule has 3 amide bonds. The molecule has 0 aromatic rings. The van der Waals surface area contributed by atoms with E-state index >= 15 is 0 Å². The average Bonchev–Trinajstić information content (AvgIpc) is 2.42. The maximum atomic E-state index is 11.4. The molecule has 1 N–H and O–H groups in total. The number of hydrogen-bond donors (Lipinski definition) is 1. The predicted molar refractivity (Wildman–Crippen MR) is 58.3 cm³/mol.